The van der Waals surface area contributed by atoms with Crippen LogP contribution in [-0.2, 0) is 22.3 Å². The van der Waals surface area contributed by atoms with Crippen LogP contribution in [0.3, 0.4) is 0 Å². The van der Waals surface area contributed by atoms with Crippen molar-refractivity contribution in [1.82, 2.24) is 4.31 Å². The summed E-state index contributed by atoms with van der Waals surface area (Å²) in [6, 6.07) is 16.6. The minimum absolute atomic E-state index is 0.00835. The third kappa shape index (κ3) is 4.06. The molecule has 2 aromatic carbocycles. The lowest BCUT2D eigenvalue weighted by Gasteiger charge is -2.21. The van der Waals surface area contributed by atoms with E-state index in [0.717, 1.165) is 11.1 Å². The van der Waals surface area contributed by atoms with Crippen molar-refractivity contribution in [2.24, 2.45) is 0 Å². The number of sulfonamides is 1. The molecular weight excluding hydrogens is 284 g/mol. The predicted molar refractivity (Wildman–Crippen MR) is 86.0 cm³/mol. The molecule has 0 spiro atoms. The van der Waals surface area contributed by atoms with Crippen molar-refractivity contribution >= 4 is 15.7 Å². The number of benzene rings is 2. The van der Waals surface area contributed by atoms with Gasteiger partial charge >= 0.3 is 0 Å². The second-order valence-corrected chi connectivity index (χ2v) is 6.84. The minimum atomic E-state index is -3.36. The Morgan fingerprint density at radius 1 is 1.00 bits per heavy atom. The maximum absolute atomic E-state index is 12.5. The minimum Gasteiger partial charge on any atom is -0.398 e. The average Bonchev–Trinajstić information content (AvgIpc) is 2.46. The van der Waals surface area contributed by atoms with Crippen LogP contribution in [0, 0.1) is 0 Å². The average molecular weight is 304 g/mol. The molecule has 0 radical (unpaired) electrons. The quantitative estimate of drug-likeness (QED) is 0.834. The SMILES string of the molecule is CCN(Cc1ccccc1N)S(=O)(=O)Cc1ccccc1. The highest BCUT2D eigenvalue weighted by molar-refractivity contribution is 7.88. The van der Waals surface area contributed by atoms with Gasteiger partial charge in [0.2, 0.25) is 10.0 Å². The van der Waals surface area contributed by atoms with Gasteiger partial charge in [0.1, 0.15) is 0 Å². The molecule has 0 aromatic heterocycles. The Kier molecular flexibility index (Phi) is 4.98. The van der Waals surface area contributed by atoms with Crippen molar-refractivity contribution in [1.29, 1.82) is 0 Å². The summed E-state index contributed by atoms with van der Waals surface area (Å²) in [7, 11) is -3.36. The Morgan fingerprint density at radius 2 is 1.62 bits per heavy atom. The van der Waals surface area contributed by atoms with Crippen LogP contribution in [0.15, 0.2) is 54.6 Å². The number of hydrogen-bond donors (Lipinski definition) is 1. The monoisotopic (exact) mass is 304 g/mol. The van der Waals surface area contributed by atoms with Crippen LogP contribution < -0.4 is 5.73 Å². The summed E-state index contributed by atoms with van der Waals surface area (Å²) in [4.78, 5) is 0. The molecule has 112 valence electrons. The van der Waals surface area contributed by atoms with Crippen molar-refractivity contribution in [3.05, 3.63) is 65.7 Å². The van der Waals surface area contributed by atoms with Gasteiger partial charge in [-0.15, -0.1) is 0 Å². The zero-order valence-electron chi connectivity index (χ0n) is 12.1. The van der Waals surface area contributed by atoms with Crippen LogP contribution in [0.1, 0.15) is 18.1 Å². The van der Waals surface area contributed by atoms with Gasteiger partial charge < -0.3 is 5.73 Å². The molecule has 0 saturated heterocycles. The standard InChI is InChI=1S/C16H20N2O2S/c1-2-18(12-15-10-6-7-11-16(15)17)21(19,20)13-14-8-4-3-5-9-14/h3-11H,2,12-13,17H2,1H3. The maximum atomic E-state index is 12.5. The highest BCUT2D eigenvalue weighted by Gasteiger charge is 2.21. The van der Waals surface area contributed by atoms with Crippen LogP contribution in [0.25, 0.3) is 0 Å². The normalized spacial score (nSPS) is 11.7. The van der Waals surface area contributed by atoms with E-state index in [-0.39, 0.29) is 5.75 Å². The first kappa shape index (κ1) is 15.5. The summed E-state index contributed by atoms with van der Waals surface area (Å²) in [5, 5.41) is 0. The summed E-state index contributed by atoms with van der Waals surface area (Å²) in [5.74, 6) is 0.00835. The van der Waals surface area contributed by atoms with E-state index in [1.165, 1.54) is 4.31 Å². The lowest BCUT2D eigenvalue weighted by atomic mass is 10.2. The van der Waals surface area contributed by atoms with Crippen molar-refractivity contribution < 1.29 is 8.42 Å². The largest absolute Gasteiger partial charge is 0.398 e. The van der Waals surface area contributed by atoms with E-state index < -0.39 is 10.0 Å². The Bertz CT molecular complexity index is 684. The van der Waals surface area contributed by atoms with Crippen molar-refractivity contribution in [3.63, 3.8) is 0 Å². The zero-order chi connectivity index (χ0) is 15.3. The first-order valence-electron chi connectivity index (χ1n) is 6.88. The molecule has 21 heavy (non-hydrogen) atoms. The van der Waals surface area contributed by atoms with Crippen molar-refractivity contribution in [2.45, 2.75) is 19.2 Å². The van der Waals surface area contributed by atoms with Gasteiger partial charge in [-0.05, 0) is 17.2 Å². The fourth-order valence-corrected chi connectivity index (χ4v) is 3.68. The van der Waals surface area contributed by atoms with E-state index in [1.807, 2.05) is 55.5 Å². The molecule has 2 N–H and O–H groups in total. The predicted octanol–water partition coefficient (Wildman–Crippen LogP) is 2.62. The number of hydrogen-bond acceptors (Lipinski definition) is 3. The third-order valence-corrected chi connectivity index (χ3v) is 5.21. The summed E-state index contributed by atoms with van der Waals surface area (Å²) in [6.07, 6.45) is 0. The number of rotatable bonds is 6. The van der Waals surface area contributed by atoms with E-state index in [2.05, 4.69) is 0 Å². The van der Waals surface area contributed by atoms with Gasteiger partial charge in [-0.2, -0.15) is 4.31 Å². The third-order valence-electron chi connectivity index (χ3n) is 3.34. The molecular formula is C16H20N2O2S. The number of para-hydroxylation sites is 1. The second kappa shape index (κ2) is 6.74. The molecule has 2 rings (SSSR count). The van der Waals surface area contributed by atoms with Crippen molar-refractivity contribution in [3.8, 4) is 0 Å². The van der Waals surface area contributed by atoms with Crippen molar-refractivity contribution in [2.75, 3.05) is 12.3 Å². The molecule has 0 saturated carbocycles. The van der Waals surface area contributed by atoms with E-state index in [1.54, 1.807) is 6.07 Å². The fourth-order valence-electron chi connectivity index (χ4n) is 2.15. The smallest absolute Gasteiger partial charge is 0.218 e. The molecule has 2 aromatic rings. The molecule has 0 bridgehead atoms. The van der Waals surface area contributed by atoms with E-state index in [9.17, 15) is 8.42 Å². The summed E-state index contributed by atoms with van der Waals surface area (Å²) in [6.45, 7) is 2.56. The molecule has 0 amide bonds. The van der Waals surface area contributed by atoms with Gasteiger partial charge in [0.15, 0.2) is 0 Å². The van der Waals surface area contributed by atoms with Gasteiger partial charge in [-0.3, -0.25) is 0 Å². The van der Waals surface area contributed by atoms with Crippen LogP contribution in [0.5, 0.6) is 0 Å². The highest BCUT2D eigenvalue weighted by atomic mass is 32.2. The Hall–Kier alpha value is -1.85. The van der Waals surface area contributed by atoms with Crippen LogP contribution >= 0.6 is 0 Å². The molecule has 0 atom stereocenters. The van der Waals surface area contributed by atoms with E-state index >= 15 is 0 Å². The summed E-state index contributed by atoms with van der Waals surface area (Å²) >= 11 is 0. The molecule has 0 fully saturated rings. The topological polar surface area (TPSA) is 63.4 Å². The molecule has 0 aliphatic carbocycles. The second-order valence-electron chi connectivity index (χ2n) is 4.87. The number of nitrogen functional groups attached to an aromatic ring is 1. The molecule has 0 aliphatic rings. The lowest BCUT2D eigenvalue weighted by Crippen LogP contribution is -2.31. The molecule has 4 nitrogen and oxygen atoms in total. The maximum Gasteiger partial charge on any atom is 0.218 e. The summed E-state index contributed by atoms with van der Waals surface area (Å²) in [5.41, 5.74) is 8.13. The molecule has 0 aliphatic heterocycles. The molecule has 0 heterocycles. The fraction of sp³-hybridized carbons (Fsp3) is 0.250. The molecule has 0 unspecified atom stereocenters. The van der Waals surface area contributed by atoms with Gasteiger partial charge in [0.05, 0.1) is 5.75 Å². The van der Waals surface area contributed by atoms with Gasteiger partial charge in [0.25, 0.3) is 0 Å². The molecule has 5 heteroatoms. The number of nitrogens with zero attached hydrogens (tertiary/aromatic N) is 1. The first-order chi connectivity index (χ1) is 10.0. The Labute approximate surface area is 126 Å². The lowest BCUT2D eigenvalue weighted by molar-refractivity contribution is 0.423. The zero-order valence-corrected chi connectivity index (χ0v) is 12.9. The number of anilines is 1. The van der Waals surface area contributed by atoms with Gasteiger partial charge in [-0.1, -0.05) is 55.5 Å². The van der Waals surface area contributed by atoms with E-state index in [0.29, 0.717) is 18.8 Å². The number of nitrogens with two attached hydrogens (primary N) is 1. The van der Waals surface area contributed by atoms with Crippen LogP contribution in [0.2, 0.25) is 0 Å². The highest BCUT2D eigenvalue weighted by Crippen LogP contribution is 2.18. The first-order valence-corrected chi connectivity index (χ1v) is 8.49. The Morgan fingerprint density at radius 3 is 2.24 bits per heavy atom. The van der Waals surface area contributed by atoms with Gasteiger partial charge in [0, 0.05) is 18.8 Å². The van der Waals surface area contributed by atoms with E-state index in [4.69, 9.17) is 5.73 Å². The Balaban J connectivity index is 2.18. The van der Waals surface area contributed by atoms with Crippen LogP contribution in [0.4, 0.5) is 5.69 Å². The van der Waals surface area contributed by atoms with Crippen LogP contribution in [-0.4, -0.2) is 19.3 Å². The van der Waals surface area contributed by atoms with Gasteiger partial charge in [-0.25, -0.2) is 8.42 Å². The summed E-state index contributed by atoms with van der Waals surface area (Å²) < 4.78 is 26.5.